The van der Waals surface area contributed by atoms with Crippen LogP contribution < -0.4 is 11.1 Å². The molecule has 16 heavy (non-hydrogen) atoms. The van der Waals surface area contributed by atoms with Gasteiger partial charge in [-0.25, -0.2) is 0 Å². The molecule has 0 aliphatic heterocycles. The molecule has 0 radical (unpaired) electrons. The Morgan fingerprint density at radius 1 is 1.31 bits per heavy atom. The predicted octanol–water partition coefficient (Wildman–Crippen LogP) is 1.36. The average Bonchev–Trinajstić information content (AvgIpc) is 2.30. The minimum atomic E-state index is 0.326. The van der Waals surface area contributed by atoms with Crippen molar-refractivity contribution < 1.29 is 5.11 Å². The number of aliphatic hydroxyl groups excluding tert-OH is 1. The monoisotopic (exact) mass is 228 g/mol. The molecule has 1 fully saturated rings. The Balaban J connectivity index is 2.34. The van der Waals surface area contributed by atoms with E-state index in [2.05, 4.69) is 19.2 Å². The molecule has 0 heterocycles. The zero-order valence-corrected chi connectivity index (χ0v) is 10.8. The summed E-state index contributed by atoms with van der Waals surface area (Å²) in [6.45, 7) is 6.52. The largest absolute Gasteiger partial charge is 0.396 e. The smallest absolute Gasteiger partial charge is 0.0474 e. The van der Waals surface area contributed by atoms with Crippen molar-refractivity contribution in [1.29, 1.82) is 0 Å². The number of aliphatic hydroxyl groups is 1. The maximum absolute atomic E-state index is 9.33. The highest BCUT2D eigenvalue weighted by Gasteiger charge is 2.24. The van der Waals surface area contributed by atoms with E-state index < -0.39 is 0 Å². The molecule has 0 saturated heterocycles. The molecule has 0 bridgehead atoms. The van der Waals surface area contributed by atoms with E-state index in [1.807, 2.05) is 0 Å². The van der Waals surface area contributed by atoms with E-state index in [1.54, 1.807) is 0 Å². The van der Waals surface area contributed by atoms with Crippen LogP contribution in [0.25, 0.3) is 0 Å². The summed E-state index contributed by atoms with van der Waals surface area (Å²) in [6, 6.07) is 0.506. The molecule has 3 heteroatoms. The Morgan fingerprint density at radius 3 is 2.56 bits per heavy atom. The highest BCUT2D eigenvalue weighted by Crippen LogP contribution is 2.24. The Kier molecular flexibility index (Phi) is 6.32. The van der Waals surface area contributed by atoms with Gasteiger partial charge in [0.05, 0.1) is 0 Å². The lowest BCUT2D eigenvalue weighted by molar-refractivity contribution is 0.148. The van der Waals surface area contributed by atoms with Crippen molar-refractivity contribution in [2.75, 3.05) is 19.7 Å². The SMILES string of the molecule is CC(C)C(CN)CNC1CCCCC1CO. The normalized spacial score (nSPS) is 28.3. The molecule has 0 aromatic heterocycles. The van der Waals surface area contributed by atoms with Crippen LogP contribution in [0.15, 0.2) is 0 Å². The molecule has 1 aliphatic rings. The predicted molar refractivity (Wildman–Crippen MR) is 68.2 cm³/mol. The molecule has 3 nitrogen and oxygen atoms in total. The Labute approximate surface area is 99.8 Å². The minimum absolute atomic E-state index is 0.326. The van der Waals surface area contributed by atoms with E-state index >= 15 is 0 Å². The number of rotatable bonds is 6. The Bertz CT molecular complexity index is 185. The van der Waals surface area contributed by atoms with Crippen molar-refractivity contribution in [2.24, 2.45) is 23.5 Å². The molecule has 1 aliphatic carbocycles. The fourth-order valence-corrected chi connectivity index (χ4v) is 2.59. The highest BCUT2D eigenvalue weighted by molar-refractivity contribution is 4.81. The summed E-state index contributed by atoms with van der Waals surface area (Å²) in [5.74, 6) is 1.65. The van der Waals surface area contributed by atoms with Gasteiger partial charge in [-0.3, -0.25) is 0 Å². The first-order valence-electron chi connectivity index (χ1n) is 6.73. The maximum atomic E-state index is 9.33. The zero-order chi connectivity index (χ0) is 12.0. The fourth-order valence-electron chi connectivity index (χ4n) is 2.59. The molecule has 3 atom stereocenters. The van der Waals surface area contributed by atoms with Crippen molar-refractivity contribution in [3.63, 3.8) is 0 Å². The second-order valence-corrected chi connectivity index (χ2v) is 5.48. The van der Waals surface area contributed by atoms with Gasteiger partial charge in [0.1, 0.15) is 0 Å². The first-order valence-corrected chi connectivity index (χ1v) is 6.73. The van der Waals surface area contributed by atoms with E-state index in [-0.39, 0.29) is 0 Å². The molecule has 0 aromatic rings. The van der Waals surface area contributed by atoms with Crippen LogP contribution in [-0.4, -0.2) is 30.8 Å². The topological polar surface area (TPSA) is 58.3 Å². The molecule has 0 aromatic carbocycles. The molecule has 4 N–H and O–H groups in total. The van der Waals surface area contributed by atoms with Crippen molar-refractivity contribution in [2.45, 2.75) is 45.6 Å². The lowest BCUT2D eigenvalue weighted by atomic mass is 9.84. The fraction of sp³-hybridized carbons (Fsp3) is 1.00. The van der Waals surface area contributed by atoms with Crippen LogP contribution in [0.2, 0.25) is 0 Å². The van der Waals surface area contributed by atoms with Crippen molar-refractivity contribution in [3.05, 3.63) is 0 Å². The van der Waals surface area contributed by atoms with Gasteiger partial charge in [-0.15, -0.1) is 0 Å². The molecular formula is C13H28N2O. The van der Waals surface area contributed by atoms with E-state index in [0.717, 1.165) is 13.1 Å². The zero-order valence-electron chi connectivity index (χ0n) is 10.8. The molecule has 96 valence electrons. The summed E-state index contributed by atoms with van der Waals surface area (Å²) < 4.78 is 0. The third kappa shape index (κ3) is 4.04. The van der Waals surface area contributed by atoms with E-state index in [4.69, 9.17) is 5.73 Å². The van der Waals surface area contributed by atoms with Gasteiger partial charge in [-0.1, -0.05) is 26.7 Å². The number of nitrogens with one attached hydrogen (secondary N) is 1. The molecule has 0 amide bonds. The van der Waals surface area contributed by atoms with Gasteiger partial charge in [-0.05, 0) is 43.7 Å². The van der Waals surface area contributed by atoms with Crippen molar-refractivity contribution in [1.82, 2.24) is 5.32 Å². The van der Waals surface area contributed by atoms with Gasteiger partial charge in [-0.2, -0.15) is 0 Å². The van der Waals surface area contributed by atoms with E-state index in [1.165, 1.54) is 25.7 Å². The quantitative estimate of drug-likeness (QED) is 0.643. The summed E-state index contributed by atoms with van der Waals surface area (Å²) >= 11 is 0. The van der Waals surface area contributed by atoms with E-state index in [0.29, 0.717) is 30.4 Å². The summed E-state index contributed by atoms with van der Waals surface area (Å²) in [7, 11) is 0. The average molecular weight is 228 g/mol. The Morgan fingerprint density at radius 2 is 2.00 bits per heavy atom. The molecule has 1 rings (SSSR count). The van der Waals surface area contributed by atoms with E-state index in [9.17, 15) is 5.11 Å². The minimum Gasteiger partial charge on any atom is -0.396 e. The van der Waals surface area contributed by atoms with Crippen LogP contribution in [0.1, 0.15) is 39.5 Å². The molecule has 1 saturated carbocycles. The van der Waals surface area contributed by atoms with Crippen LogP contribution in [0, 0.1) is 17.8 Å². The lowest BCUT2D eigenvalue weighted by Gasteiger charge is -2.33. The highest BCUT2D eigenvalue weighted by atomic mass is 16.3. The van der Waals surface area contributed by atoms with Crippen LogP contribution >= 0.6 is 0 Å². The van der Waals surface area contributed by atoms with Crippen LogP contribution in [0.5, 0.6) is 0 Å². The summed E-state index contributed by atoms with van der Waals surface area (Å²) in [4.78, 5) is 0. The third-order valence-corrected chi connectivity index (χ3v) is 4.03. The summed E-state index contributed by atoms with van der Waals surface area (Å²) in [5, 5.41) is 12.9. The number of nitrogens with two attached hydrogens (primary N) is 1. The lowest BCUT2D eigenvalue weighted by Crippen LogP contribution is -2.44. The standard InChI is InChI=1S/C13H28N2O/c1-10(2)12(7-14)8-15-13-6-4-3-5-11(13)9-16/h10-13,15-16H,3-9,14H2,1-2H3. The van der Waals surface area contributed by atoms with Gasteiger partial charge < -0.3 is 16.2 Å². The molecular weight excluding hydrogens is 200 g/mol. The second-order valence-electron chi connectivity index (χ2n) is 5.48. The summed E-state index contributed by atoms with van der Waals surface area (Å²) in [5.41, 5.74) is 5.77. The third-order valence-electron chi connectivity index (χ3n) is 4.03. The van der Waals surface area contributed by atoms with Gasteiger partial charge in [0.15, 0.2) is 0 Å². The van der Waals surface area contributed by atoms with Gasteiger partial charge >= 0.3 is 0 Å². The molecule has 3 unspecified atom stereocenters. The van der Waals surface area contributed by atoms with Gasteiger partial charge in [0.2, 0.25) is 0 Å². The van der Waals surface area contributed by atoms with Crippen LogP contribution in [0.4, 0.5) is 0 Å². The van der Waals surface area contributed by atoms with Gasteiger partial charge in [0.25, 0.3) is 0 Å². The van der Waals surface area contributed by atoms with Crippen LogP contribution in [-0.2, 0) is 0 Å². The second kappa shape index (κ2) is 7.25. The van der Waals surface area contributed by atoms with Crippen molar-refractivity contribution in [3.8, 4) is 0 Å². The molecule has 0 spiro atoms. The van der Waals surface area contributed by atoms with Crippen LogP contribution in [0.3, 0.4) is 0 Å². The first kappa shape index (κ1) is 13.9. The summed E-state index contributed by atoms with van der Waals surface area (Å²) in [6.07, 6.45) is 4.95. The van der Waals surface area contributed by atoms with Gasteiger partial charge in [0, 0.05) is 12.6 Å². The first-order chi connectivity index (χ1) is 7.69. The maximum Gasteiger partial charge on any atom is 0.0474 e. The number of hydrogen-bond acceptors (Lipinski definition) is 3. The van der Waals surface area contributed by atoms with Crippen molar-refractivity contribution >= 4 is 0 Å². The Hall–Kier alpha value is -0.120. The number of hydrogen-bond donors (Lipinski definition) is 3.